The summed E-state index contributed by atoms with van der Waals surface area (Å²) in [4.78, 5) is 14.3. The molecular weight excluding hydrogens is 311 g/mol. The second-order valence-electron chi connectivity index (χ2n) is 6.15. The molecular formula is C17H21FN4O2. The Kier molecular flexibility index (Phi) is 4.62. The van der Waals surface area contributed by atoms with Gasteiger partial charge in [0.1, 0.15) is 17.6 Å². The molecule has 6 nitrogen and oxygen atoms in total. The number of nitrogens with zero attached hydrogens (tertiary/aromatic N) is 4. The van der Waals surface area contributed by atoms with Crippen molar-refractivity contribution in [1.29, 1.82) is 0 Å². The molecule has 0 radical (unpaired) electrons. The molecule has 1 aromatic carbocycles. The van der Waals surface area contributed by atoms with Crippen LogP contribution in [0.2, 0.25) is 0 Å². The van der Waals surface area contributed by atoms with Gasteiger partial charge in [-0.25, -0.2) is 9.07 Å². The van der Waals surface area contributed by atoms with E-state index >= 15 is 0 Å². The fourth-order valence-corrected chi connectivity index (χ4v) is 2.98. The summed E-state index contributed by atoms with van der Waals surface area (Å²) < 4.78 is 15.6. The van der Waals surface area contributed by atoms with Crippen LogP contribution in [0.3, 0.4) is 0 Å². The Morgan fingerprint density at radius 2 is 2.25 bits per heavy atom. The Bertz CT molecular complexity index is 746. The zero-order valence-corrected chi connectivity index (χ0v) is 13.8. The summed E-state index contributed by atoms with van der Waals surface area (Å²) in [6, 6.07) is 4.22. The first-order valence-electron chi connectivity index (χ1n) is 8.18. The van der Waals surface area contributed by atoms with E-state index in [1.165, 1.54) is 15.6 Å². The highest BCUT2D eigenvalue weighted by Crippen LogP contribution is 2.30. The highest BCUT2D eigenvalue weighted by Gasteiger charge is 2.33. The van der Waals surface area contributed by atoms with Crippen LogP contribution in [0.15, 0.2) is 24.4 Å². The normalized spacial score (nSPS) is 19.6. The van der Waals surface area contributed by atoms with E-state index in [0.29, 0.717) is 30.8 Å². The van der Waals surface area contributed by atoms with Crippen molar-refractivity contribution >= 4 is 11.6 Å². The van der Waals surface area contributed by atoms with Crippen molar-refractivity contribution < 1.29 is 14.3 Å². The topological polar surface area (TPSA) is 71.2 Å². The second-order valence-corrected chi connectivity index (χ2v) is 6.15. The Balaban J connectivity index is 1.87. The molecule has 24 heavy (non-hydrogen) atoms. The van der Waals surface area contributed by atoms with E-state index in [1.54, 1.807) is 18.3 Å². The van der Waals surface area contributed by atoms with Gasteiger partial charge in [-0.1, -0.05) is 18.2 Å². The summed E-state index contributed by atoms with van der Waals surface area (Å²) >= 11 is 0. The fourth-order valence-electron chi connectivity index (χ4n) is 2.98. The largest absolute Gasteiger partial charge is 0.387 e. The first kappa shape index (κ1) is 16.6. The molecule has 0 bridgehead atoms. The van der Waals surface area contributed by atoms with Crippen LogP contribution in [-0.2, 0) is 4.79 Å². The third kappa shape index (κ3) is 3.03. The number of carbonyl (C=O) groups excluding carboxylic acids is 1. The fraction of sp³-hybridized carbons (Fsp3) is 0.471. The van der Waals surface area contributed by atoms with Crippen LogP contribution in [-0.4, -0.2) is 32.6 Å². The van der Waals surface area contributed by atoms with Gasteiger partial charge in [-0.05, 0) is 43.9 Å². The number of rotatable bonds is 4. The molecule has 0 aliphatic carbocycles. The molecule has 1 aliphatic heterocycles. The maximum Gasteiger partial charge on any atom is 0.251 e. The van der Waals surface area contributed by atoms with Gasteiger partial charge in [0.2, 0.25) is 0 Å². The summed E-state index contributed by atoms with van der Waals surface area (Å²) in [5.41, 5.74) is 1.65. The predicted molar refractivity (Wildman–Crippen MR) is 87.0 cm³/mol. The highest BCUT2D eigenvalue weighted by molar-refractivity contribution is 5.97. The average Bonchev–Trinajstić information content (AvgIpc) is 3.06. The van der Waals surface area contributed by atoms with Gasteiger partial charge in [0, 0.05) is 6.54 Å². The maximum atomic E-state index is 14.2. The van der Waals surface area contributed by atoms with Crippen LogP contribution in [0, 0.1) is 12.7 Å². The van der Waals surface area contributed by atoms with Crippen LogP contribution in [0.5, 0.6) is 0 Å². The molecule has 1 saturated heterocycles. The van der Waals surface area contributed by atoms with Gasteiger partial charge >= 0.3 is 0 Å². The van der Waals surface area contributed by atoms with Crippen molar-refractivity contribution in [3.8, 4) is 0 Å². The molecule has 1 aromatic heterocycles. The van der Waals surface area contributed by atoms with E-state index in [-0.39, 0.29) is 5.91 Å². The van der Waals surface area contributed by atoms with Gasteiger partial charge in [0.05, 0.1) is 18.0 Å². The van der Waals surface area contributed by atoms with Crippen LogP contribution >= 0.6 is 0 Å². The van der Waals surface area contributed by atoms with E-state index in [2.05, 4.69) is 10.3 Å². The molecule has 1 N–H and O–H groups in total. The number of aromatic nitrogens is 3. The number of aliphatic hydroxyl groups is 1. The van der Waals surface area contributed by atoms with Crippen LogP contribution in [0.1, 0.15) is 49.6 Å². The molecule has 2 unspecified atom stereocenters. The number of piperidine rings is 1. The Labute approximate surface area is 139 Å². The molecule has 1 amide bonds. The number of hydrogen-bond donors (Lipinski definition) is 1. The van der Waals surface area contributed by atoms with Crippen molar-refractivity contribution in [3.63, 3.8) is 0 Å². The lowest BCUT2D eigenvalue weighted by atomic mass is 10.0. The summed E-state index contributed by atoms with van der Waals surface area (Å²) in [7, 11) is 0. The number of aliphatic hydroxyl groups excluding tert-OH is 1. The van der Waals surface area contributed by atoms with Crippen molar-refractivity contribution in [2.45, 2.75) is 45.3 Å². The van der Waals surface area contributed by atoms with Gasteiger partial charge in [0.25, 0.3) is 5.91 Å². The first-order valence-corrected chi connectivity index (χ1v) is 8.18. The lowest BCUT2D eigenvalue weighted by Crippen LogP contribution is -2.43. The van der Waals surface area contributed by atoms with Crippen LogP contribution in [0.4, 0.5) is 10.1 Å². The average molecular weight is 332 g/mol. The van der Waals surface area contributed by atoms with E-state index in [1.807, 2.05) is 13.8 Å². The number of anilines is 1. The maximum absolute atomic E-state index is 14.2. The number of aryl methyl sites for hydroxylation is 1. The summed E-state index contributed by atoms with van der Waals surface area (Å²) in [6.45, 7) is 4.19. The summed E-state index contributed by atoms with van der Waals surface area (Å²) in [5.74, 6) is -0.608. The third-order valence-electron chi connectivity index (χ3n) is 4.38. The van der Waals surface area contributed by atoms with Gasteiger partial charge < -0.3 is 10.0 Å². The monoisotopic (exact) mass is 332 g/mol. The lowest BCUT2D eigenvalue weighted by molar-refractivity contribution is -0.123. The van der Waals surface area contributed by atoms with Gasteiger partial charge in [-0.3, -0.25) is 4.79 Å². The number of amides is 1. The molecule has 2 aromatic rings. The molecule has 1 fully saturated rings. The lowest BCUT2D eigenvalue weighted by Gasteiger charge is -2.32. The van der Waals surface area contributed by atoms with Crippen molar-refractivity contribution in [1.82, 2.24) is 15.0 Å². The molecule has 1 aliphatic rings. The van der Waals surface area contributed by atoms with E-state index in [4.69, 9.17) is 0 Å². The second kappa shape index (κ2) is 6.68. The minimum atomic E-state index is -0.692. The van der Waals surface area contributed by atoms with Gasteiger partial charge in [0.15, 0.2) is 0 Å². The molecule has 3 rings (SSSR count). The number of halogens is 1. The number of carbonyl (C=O) groups is 1. The zero-order valence-electron chi connectivity index (χ0n) is 13.8. The molecule has 2 atom stereocenters. The number of benzene rings is 1. The Morgan fingerprint density at radius 3 is 3.00 bits per heavy atom. The Hall–Kier alpha value is -2.28. The molecule has 0 saturated carbocycles. The first-order chi connectivity index (χ1) is 11.5. The predicted octanol–water partition coefficient (Wildman–Crippen LogP) is 2.54. The Morgan fingerprint density at radius 1 is 1.46 bits per heavy atom. The minimum absolute atomic E-state index is 0.201. The van der Waals surface area contributed by atoms with Gasteiger partial charge in [-0.2, -0.15) is 0 Å². The SMILES string of the molecule is CCC(O)c1cn(C2CCCN(c3cc(C)ccc3F)C2=O)nn1. The van der Waals surface area contributed by atoms with Crippen molar-refractivity contribution in [2.75, 3.05) is 11.4 Å². The summed E-state index contributed by atoms with van der Waals surface area (Å²) in [5, 5.41) is 17.8. The van der Waals surface area contributed by atoms with Crippen LogP contribution < -0.4 is 4.90 Å². The van der Waals surface area contributed by atoms with Gasteiger partial charge in [-0.15, -0.1) is 5.10 Å². The van der Waals surface area contributed by atoms with E-state index in [0.717, 1.165) is 12.0 Å². The van der Waals surface area contributed by atoms with Crippen molar-refractivity contribution in [3.05, 3.63) is 41.5 Å². The van der Waals surface area contributed by atoms with E-state index < -0.39 is 18.0 Å². The third-order valence-corrected chi connectivity index (χ3v) is 4.38. The zero-order chi connectivity index (χ0) is 17.3. The summed E-state index contributed by atoms with van der Waals surface area (Å²) in [6.07, 6.45) is 2.80. The molecule has 7 heteroatoms. The van der Waals surface area contributed by atoms with Crippen LogP contribution in [0.25, 0.3) is 0 Å². The number of hydrogen-bond acceptors (Lipinski definition) is 4. The molecule has 128 valence electrons. The quantitative estimate of drug-likeness (QED) is 0.934. The molecule has 2 heterocycles. The smallest absolute Gasteiger partial charge is 0.251 e. The standard InChI is InChI=1S/C17H21FN4O2/c1-3-16(23)13-10-22(20-19-13)14-5-4-8-21(17(14)24)15-9-11(2)6-7-12(15)18/h6-7,9-10,14,16,23H,3-5,8H2,1-2H3. The highest BCUT2D eigenvalue weighted by atomic mass is 19.1. The molecule has 0 spiro atoms. The van der Waals surface area contributed by atoms with E-state index in [9.17, 15) is 14.3 Å². The minimum Gasteiger partial charge on any atom is -0.387 e. The van der Waals surface area contributed by atoms with Crippen molar-refractivity contribution in [2.24, 2.45) is 0 Å².